The van der Waals surface area contributed by atoms with Gasteiger partial charge in [0.05, 0.1) is 0 Å². The first-order valence-corrected chi connectivity index (χ1v) is 14.7. The van der Waals surface area contributed by atoms with Gasteiger partial charge >= 0.3 is 12.3 Å². The molecule has 0 aromatic heterocycles. The lowest BCUT2D eigenvalue weighted by molar-refractivity contribution is -0.305. The van der Waals surface area contributed by atoms with Crippen LogP contribution in [0.4, 0.5) is 30.7 Å². The van der Waals surface area contributed by atoms with Crippen molar-refractivity contribution in [2.45, 2.75) is 95.5 Å². The van der Waals surface area contributed by atoms with Gasteiger partial charge in [0.15, 0.2) is 11.6 Å². The molecule has 1 aliphatic rings. The van der Waals surface area contributed by atoms with E-state index in [1.807, 2.05) is 12.1 Å². The highest BCUT2D eigenvalue weighted by molar-refractivity contribution is 5.64. The van der Waals surface area contributed by atoms with Crippen molar-refractivity contribution in [3.05, 3.63) is 89.2 Å². The van der Waals surface area contributed by atoms with Crippen molar-refractivity contribution >= 4 is 0 Å². The zero-order chi connectivity index (χ0) is 30.3. The van der Waals surface area contributed by atoms with E-state index in [-0.39, 0.29) is 0 Å². The molecule has 0 spiro atoms. The van der Waals surface area contributed by atoms with Crippen LogP contribution in [0.1, 0.15) is 80.9 Å². The Balaban J connectivity index is 1.28. The third kappa shape index (κ3) is 8.51. The summed E-state index contributed by atoms with van der Waals surface area (Å²) in [6, 6.07) is 19.0. The third-order valence-electron chi connectivity index (χ3n) is 8.26. The smallest absolute Gasteiger partial charge is 0.427 e. The lowest BCUT2D eigenvalue weighted by atomic mass is 9.77. The van der Waals surface area contributed by atoms with Crippen LogP contribution in [0.2, 0.25) is 0 Å². The Morgan fingerprint density at radius 1 is 0.762 bits per heavy atom. The summed E-state index contributed by atoms with van der Waals surface area (Å²) in [6.45, 7) is 2.25. The number of ether oxygens (including phenoxy) is 1. The van der Waals surface area contributed by atoms with E-state index in [4.69, 9.17) is 0 Å². The van der Waals surface area contributed by atoms with E-state index in [0.717, 1.165) is 36.5 Å². The molecule has 4 rings (SSSR count). The Bertz CT molecular complexity index is 1260. The van der Waals surface area contributed by atoms with E-state index in [9.17, 15) is 30.7 Å². The first-order chi connectivity index (χ1) is 20.0. The third-order valence-corrected chi connectivity index (χ3v) is 8.26. The molecule has 0 saturated heterocycles. The Morgan fingerprint density at radius 2 is 1.33 bits per heavy atom. The second kappa shape index (κ2) is 14.0. The largest absolute Gasteiger partial charge is 0.439 e. The van der Waals surface area contributed by atoms with Crippen molar-refractivity contribution in [1.29, 1.82) is 0 Å². The first-order valence-electron chi connectivity index (χ1n) is 14.7. The van der Waals surface area contributed by atoms with Gasteiger partial charge in [-0.3, -0.25) is 0 Å². The van der Waals surface area contributed by atoms with Crippen LogP contribution in [-0.4, -0.2) is 18.5 Å². The lowest BCUT2D eigenvalue weighted by Crippen LogP contribution is -2.45. The molecule has 0 amide bonds. The highest BCUT2D eigenvalue weighted by Crippen LogP contribution is 2.39. The summed E-state index contributed by atoms with van der Waals surface area (Å²) in [7, 11) is 0. The maximum atomic E-state index is 14.4. The summed E-state index contributed by atoms with van der Waals surface area (Å²) in [4.78, 5) is 0. The van der Waals surface area contributed by atoms with Crippen LogP contribution in [-0.2, 0) is 12.8 Å². The van der Waals surface area contributed by atoms with E-state index in [1.165, 1.54) is 68.6 Å². The number of hydrogen-bond acceptors (Lipinski definition) is 1. The Hall–Kier alpha value is -3.03. The summed E-state index contributed by atoms with van der Waals surface area (Å²) in [5, 5.41) is 0. The number of rotatable bonds is 12. The number of alkyl halides is 6. The molecule has 228 valence electrons. The maximum absolute atomic E-state index is 14.4. The average molecular weight is 595 g/mol. The molecule has 1 aliphatic carbocycles. The first kappa shape index (κ1) is 31.9. The average Bonchev–Trinajstić information content (AvgIpc) is 2.97. The molecular weight excluding hydrogens is 557 g/mol. The predicted molar refractivity (Wildman–Crippen MR) is 151 cm³/mol. The molecule has 0 N–H and O–H groups in total. The van der Waals surface area contributed by atoms with Crippen molar-refractivity contribution in [2.24, 2.45) is 5.92 Å². The zero-order valence-corrected chi connectivity index (χ0v) is 23.7. The van der Waals surface area contributed by atoms with Crippen molar-refractivity contribution < 1.29 is 35.5 Å². The molecule has 1 saturated carbocycles. The van der Waals surface area contributed by atoms with Gasteiger partial charge in [0.2, 0.25) is 0 Å². The van der Waals surface area contributed by atoms with Crippen LogP contribution >= 0.6 is 0 Å². The Kier molecular flexibility index (Phi) is 10.6. The van der Waals surface area contributed by atoms with Crippen molar-refractivity contribution in [3.63, 3.8) is 0 Å². The molecule has 0 bridgehead atoms. The van der Waals surface area contributed by atoms with Gasteiger partial charge in [-0.15, -0.1) is 0 Å². The Morgan fingerprint density at radius 3 is 1.88 bits per heavy atom. The second-order valence-electron chi connectivity index (χ2n) is 11.4. The van der Waals surface area contributed by atoms with Crippen LogP contribution in [0.25, 0.3) is 11.1 Å². The second-order valence-corrected chi connectivity index (χ2v) is 11.4. The molecule has 0 heterocycles. The van der Waals surface area contributed by atoms with Gasteiger partial charge in [-0.1, -0.05) is 87.2 Å². The number of hydrogen-bond donors (Lipinski definition) is 0. The highest BCUT2D eigenvalue weighted by atomic mass is 19.4. The van der Waals surface area contributed by atoms with Crippen molar-refractivity contribution in [2.75, 3.05) is 0 Å². The summed E-state index contributed by atoms with van der Waals surface area (Å²) < 4.78 is 95.2. The van der Waals surface area contributed by atoms with Gasteiger partial charge in [0.1, 0.15) is 0 Å². The topological polar surface area (TPSA) is 9.23 Å². The molecular formula is C34H37F7O. The van der Waals surface area contributed by atoms with Gasteiger partial charge < -0.3 is 4.74 Å². The molecule has 0 aliphatic heterocycles. The summed E-state index contributed by atoms with van der Waals surface area (Å²) in [5.41, 5.74) is 4.62. The molecule has 3 aromatic carbocycles. The molecule has 1 unspecified atom stereocenters. The van der Waals surface area contributed by atoms with Gasteiger partial charge in [-0.05, 0) is 90.3 Å². The SMILES string of the molecule is CCCCCC1CCC(c2ccc(CCc3ccc(-c4ccc(OC(F)(F)C(F)C(F)(F)F)c(F)c4)cc3)cc2)CC1. The summed E-state index contributed by atoms with van der Waals surface area (Å²) in [5.74, 6) is -0.958. The minimum absolute atomic E-state index is 0.313. The minimum Gasteiger partial charge on any atom is -0.427 e. The van der Waals surface area contributed by atoms with Crippen LogP contribution in [0, 0.1) is 11.7 Å². The van der Waals surface area contributed by atoms with Gasteiger partial charge in [0, 0.05) is 0 Å². The van der Waals surface area contributed by atoms with Crippen LogP contribution in [0.5, 0.6) is 5.75 Å². The fraction of sp³-hybridized carbons (Fsp3) is 0.471. The zero-order valence-electron chi connectivity index (χ0n) is 23.7. The molecule has 3 aromatic rings. The van der Waals surface area contributed by atoms with E-state index < -0.39 is 30.0 Å². The number of benzene rings is 3. The predicted octanol–water partition coefficient (Wildman–Crippen LogP) is 11.0. The molecule has 1 atom stereocenters. The normalized spacial score (nSPS) is 18.6. The molecule has 42 heavy (non-hydrogen) atoms. The molecule has 0 radical (unpaired) electrons. The number of aryl methyl sites for hydroxylation is 2. The molecule has 8 heteroatoms. The minimum atomic E-state index is -5.85. The highest BCUT2D eigenvalue weighted by Gasteiger charge is 2.59. The fourth-order valence-corrected chi connectivity index (χ4v) is 5.73. The van der Waals surface area contributed by atoms with Crippen LogP contribution in [0.15, 0.2) is 66.7 Å². The van der Waals surface area contributed by atoms with Crippen LogP contribution < -0.4 is 4.74 Å². The standard InChI is InChI=1S/C34H37F7O/c1-2-3-4-5-23-8-14-26(15-9-23)27-16-10-24(11-17-27)6-7-25-12-18-28(19-13-25)29-20-21-31(30(35)22-29)42-34(40,41)32(36)33(37,38)39/h10-13,16-23,26,32H,2-9,14-15H2,1H3. The van der Waals surface area contributed by atoms with E-state index in [2.05, 4.69) is 35.9 Å². The number of halogens is 7. The van der Waals surface area contributed by atoms with Gasteiger partial charge in [-0.25, -0.2) is 8.78 Å². The van der Waals surface area contributed by atoms with E-state index in [1.54, 1.807) is 12.1 Å². The monoisotopic (exact) mass is 594 g/mol. The lowest BCUT2D eigenvalue weighted by Gasteiger charge is -2.29. The van der Waals surface area contributed by atoms with Crippen molar-refractivity contribution in [1.82, 2.24) is 0 Å². The fourth-order valence-electron chi connectivity index (χ4n) is 5.73. The van der Waals surface area contributed by atoms with E-state index >= 15 is 0 Å². The van der Waals surface area contributed by atoms with Gasteiger partial charge in [0.25, 0.3) is 6.17 Å². The van der Waals surface area contributed by atoms with Crippen LogP contribution in [0.3, 0.4) is 0 Å². The maximum Gasteiger partial charge on any atom is 0.439 e. The summed E-state index contributed by atoms with van der Waals surface area (Å²) in [6.07, 6.45) is -3.52. The van der Waals surface area contributed by atoms with Gasteiger partial charge in [-0.2, -0.15) is 22.0 Å². The van der Waals surface area contributed by atoms with E-state index in [0.29, 0.717) is 17.0 Å². The number of unbranched alkanes of at least 4 members (excludes halogenated alkanes) is 2. The Labute approximate surface area is 243 Å². The molecule has 1 fully saturated rings. The molecule has 1 nitrogen and oxygen atoms in total. The van der Waals surface area contributed by atoms with Crippen molar-refractivity contribution in [3.8, 4) is 16.9 Å². The summed E-state index contributed by atoms with van der Waals surface area (Å²) >= 11 is 0. The quantitative estimate of drug-likeness (QED) is 0.150.